The van der Waals surface area contributed by atoms with Gasteiger partial charge < -0.3 is 15.3 Å². The third-order valence-corrected chi connectivity index (χ3v) is 9.95. The van der Waals surface area contributed by atoms with E-state index in [1.165, 1.54) is 11.1 Å². The molecule has 0 bridgehead atoms. The van der Waals surface area contributed by atoms with Crippen molar-refractivity contribution in [2.45, 2.75) is 83.9 Å². The van der Waals surface area contributed by atoms with Crippen molar-refractivity contribution in [2.24, 2.45) is 17.8 Å². The van der Waals surface area contributed by atoms with Gasteiger partial charge in [-0.3, -0.25) is 19.4 Å². The molecule has 0 saturated carbocycles. The van der Waals surface area contributed by atoms with E-state index in [0.29, 0.717) is 19.3 Å². The van der Waals surface area contributed by atoms with Crippen LogP contribution in [0.3, 0.4) is 0 Å². The number of phenols is 1. The summed E-state index contributed by atoms with van der Waals surface area (Å²) in [5.41, 5.74) is 5.27. The molecule has 2 amide bonds. The molecule has 2 heterocycles. The highest BCUT2D eigenvalue weighted by atomic mass is 16.3. The van der Waals surface area contributed by atoms with Gasteiger partial charge in [-0.15, -0.1) is 0 Å². The summed E-state index contributed by atoms with van der Waals surface area (Å²) in [7, 11) is 0. The van der Waals surface area contributed by atoms with Crippen molar-refractivity contribution < 1.29 is 24.9 Å². The number of fused-ring (bicyclic) bond motifs is 1. The fraction of sp³-hybridized carbons (Fsp3) is 0.514. The largest absolute Gasteiger partial charge is 0.508 e. The van der Waals surface area contributed by atoms with Crippen molar-refractivity contribution >= 4 is 17.9 Å². The van der Waals surface area contributed by atoms with Crippen LogP contribution in [0.4, 0.5) is 0 Å². The molecule has 0 spiro atoms. The van der Waals surface area contributed by atoms with Crippen LogP contribution in [0.25, 0.3) is 6.08 Å². The quantitative estimate of drug-likeness (QED) is 0.213. The van der Waals surface area contributed by atoms with Gasteiger partial charge in [0.1, 0.15) is 5.75 Å². The maximum absolute atomic E-state index is 14.0. The number of imide groups is 1. The Bertz CT molecular complexity index is 1340. The lowest BCUT2D eigenvalue weighted by Gasteiger charge is -2.37. The van der Waals surface area contributed by atoms with E-state index in [1.54, 1.807) is 17.0 Å². The Hall–Kier alpha value is -3.26. The number of aliphatic hydroxyl groups is 2. The molecule has 2 aliphatic heterocycles. The fourth-order valence-electron chi connectivity index (χ4n) is 7.69. The number of carbonyl (C=O) groups is 2. The number of carbonyl (C=O) groups excluding carboxylic acids is 2. The third kappa shape index (κ3) is 7.01. The van der Waals surface area contributed by atoms with Crippen LogP contribution in [0.15, 0.2) is 71.3 Å². The number of piperidine rings is 1. The number of aliphatic hydroxyl groups excluding tert-OH is 2. The minimum absolute atomic E-state index is 0.0906. The Morgan fingerprint density at radius 2 is 1.70 bits per heavy atom. The second kappa shape index (κ2) is 14.7. The van der Waals surface area contributed by atoms with Crippen LogP contribution >= 0.6 is 0 Å². The van der Waals surface area contributed by atoms with Crippen LogP contribution in [0, 0.1) is 17.8 Å². The molecule has 0 unspecified atom stereocenters. The number of hydrogen-bond acceptors (Lipinski definition) is 6. The van der Waals surface area contributed by atoms with Gasteiger partial charge in [0.25, 0.3) is 0 Å². The van der Waals surface area contributed by atoms with Crippen molar-refractivity contribution in [2.75, 3.05) is 19.7 Å². The topological polar surface area (TPSA) is 101 Å². The molecular formula is C37H48N2O5. The van der Waals surface area contributed by atoms with Crippen molar-refractivity contribution in [3.8, 4) is 5.75 Å². The molecule has 0 radical (unpaired) electrons. The predicted octanol–water partition coefficient (Wildman–Crippen LogP) is 5.70. The number of rotatable bonds is 12. The Morgan fingerprint density at radius 3 is 2.34 bits per heavy atom. The zero-order valence-electron chi connectivity index (χ0n) is 26.2. The summed E-state index contributed by atoms with van der Waals surface area (Å²) in [6.07, 6.45) is 6.90. The van der Waals surface area contributed by atoms with Gasteiger partial charge in [-0.2, -0.15) is 0 Å². The molecule has 3 aliphatic rings. The summed E-state index contributed by atoms with van der Waals surface area (Å²) < 4.78 is 0. The van der Waals surface area contributed by atoms with Crippen molar-refractivity contribution in [1.82, 2.24) is 9.80 Å². The van der Waals surface area contributed by atoms with Crippen molar-refractivity contribution in [1.29, 1.82) is 0 Å². The van der Waals surface area contributed by atoms with E-state index in [-0.39, 0.29) is 30.2 Å². The molecule has 4 atom stereocenters. The monoisotopic (exact) mass is 600 g/mol. The summed E-state index contributed by atoms with van der Waals surface area (Å²) in [6.45, 7) is 6.44. The molecule has 2 aromatic carbocycles. The fourth-order valence-corrected chi connectivity index (χ4v) is 7.69. The first kappa shape index (κ1) is 32.1. The van der Waals surface area contributed by atoms with Crippen LogP contribution in [0.5, 0.6) is 5.75 Å². The molecule has 7 nitrogen and oxygen atoms in total. The maximum atomic E-state index is 14.0. The van der Waals surface area contributed by atoms with E-state index in [2.05, 4.69) is 37.0 Å². The smallest absolute Gasteiger partial charge is 0.234 e. The number of likely N-dealkylation sites (tertiary alicyclic amines) is 2. The molecular weight excluding hydrogens is 552 g/mol. The Kier molecular flexibility index (Phi) is 10.7. The zero-order valence-corrected chi connectivity index (χ0v) is 26.2. The van der Waals surface area contributed by atoms with Crippen molar-refractivity contribution in [3.05, 3.63) is 82.4 Å². The van der Waals surface area contributed by atoms with Gasteiger partial charge in [-0.1, -0.05) is 80.0 Å². The summed E-state index contributed by atoms with van der Waals surface area (Å²) in [5, 5.41) is 31.9. The number of allylic oxidation sites excluding steroid dienone is 2. The first-order valence-electron chi connectivity index (χ1n) is 16.5. The average Bonchev–Trinajstić information content (AvgIpc) is 3.29. The molecule has 44 heavy (non-hydrogen) atoms. The minimum atomic E-state index is -0.789. The van der Waals surface area contributed by atoms with Crippen LogP contribution in [0.1, 0.15) is 76.3 Å². The second-order valence-electron chi connectivity index (χ2n) is 12.8. The highest BCUT2D eigenvalue weighted by molar-refractivity contribution is 6.06. The number of aromatic hydroxyl groups is 1. The van der Waals surface area contributed by atoms with Gasteiger partial charge in [-0.05, 0) is 73.8 Å². The summed E-state index contributed by atoms with van der Waals surface area (Å²) in [6, 6.07) is 17.3. The standard InChI is InChI=1S/C37H48N2O5/c1-3-8-28-22-31-35(32(24-40)34(28)33(42)16-13-25(4-2)21-26-11-14-30(41)15-12-26)37(44)39(36(31)43)29-17-19-38(20-18-29)23-27-9-6-5-7-10-27/h5-7,9-12,14-15,21,29,31-33,35,40-42H,3-4,8,13,16-20,22-24H2,1-2H3/b25-21+/t31-,32+,33-,35-/m1/s1. The summed E-state index contributed by atoms with van der Waals surface area (Å²) in [5.74, 6) is -1.65. The van der Waals surface area contributed by atoms with E-state index in [4.69, 9.17) is 0 Å². The Morgan fingerprint density at radius 1 is 1.00 bits per heavy atom. The van der Waals surface area contributed by atoms with Gasteiger partial charge in [-0.25, -0.2) is 0 Å². The van der Waals surface area contributed by atoms with Crippen LogP contribution < -0.4 is 0 Å². The normalized spacial score (nSPS) is 24.2. The Balaban J connectivity index is 1.29. The SMILES string of the molecule is CCCC1=C([C@H](O)CC/C(=C/c2ccc(O)cc2)CC)[C@H](CO)[C@@H]2C(=O)N(C3CCN(Cc4ccccc4)CC3)C(=O)[C@@H]2C1. The highest BCUT2D eigenvalue weighted by Crippen LogP contribution is 2.48. The van der Waals surface area contributed by atoms with Crippen molar-refractivity contribution in [3.63, 3.8) is 0 Å². The van der Waals surface area contributed by atoms with Gasteiger partial charge >= 0.3 is 0 Å². The van der Waals surface area contributed by atoms with E-state index < -0.39 is 23.9 Å². The minimum Gasteiger partial charge on any atom is -0.508 e. The number of nitrogens with zero attached hydrogens (tertiary/aromatic N) is 2. The third-order valence-electron chi connectivity index (χ3n) is 9.95. The molecule has 1 aliphatic carbocycles. The molecule has 0 aromatic heterocycles. The van der Waals surface area contributed by atoms with Gasteiger partial charge in [0.05, 0.1) is 24.5 Å². The van der Waals surface area contributed by atoms with Crippen LogP contribution in [0.2, 0.25) is 0 Å². The first-order valence-corrected chi connectivity index (χ1v) is 16.5. The second-order valence-corrected chi connectivity index (χ2v) is 12.8. The Labute approximate surface area is 261 Å². The van der Waals surface area contributed by atoms with Gasteiger partial charge in [0, 0.05) is 31.6 Å². The zero-order chi connectivity index (χ0) is 31.2. The van der Waals surface area contributed by atoms with E-state index in [1.807, 2.05) is 30.3 Å². The highest BCUT2D eigenvalue weighted by Gasteiger charge is 2.56. The molecule has 5 rings (SSSR count). The summed E-state index contributed by atoms with van der Waals surface area (Å²) in [4.78, 5) is 31.8. The average molecular weight is 601 g/mol. The lowest BCUT2D eigenvalue weighted by molar-refractivity contribution is -0.144. The lowest BCUT2D eigenvalue weighted by atomic mass is 9.67. The van der Waals surface area contributed by atoms with E-state index >= 15 is 0 Å². The molecule has 236 valence electrons. The number of hydrogen-bond donors (Lipinski definition) is 3. The molecule has 2 saturated heterocycles. The predicted molar refractivity (Wildman–Crippen MR) is 172 cm³/mol. The molecule has 2 aromatic rings. The molecule has 7 heteroatoms. The van der Waals surface area contributed by atoms with Gasteiger partial charge in [0.15, 0.2) is 0 Å². The summed E-state index contributed by atoms with van der Waals surface area (Å²) >= 11 is 0. The van der Waals surface area contributed by atoms with Crippen LogP contribution in [-0.2, 0) is 16.1 Å². The molecule has 2 fully saturated rings. The molecule has 3 N–H and O–H groups in total. The first-order chi connectivity index (χ1) is 21.3. The van der Waals surface area contributed by atoms with Crippen LogP contribution in [-0.4, -0.2) is 68.8 Å². The lowest BCUT2D eigenvalue weighted by Crippen LogP contribution is -2.47. The van der Waals surface area contributed by atoms with E-state index in [0.717, 1.165) is 68.4 Å². The number of amides is 2. The van der Waals surface area contributed by atoms with Gasteiger partial charge in [0.2, 0.25) is 11.8 Å². The van der Waals surface area contributed by atoms with E-state index in [9.17, 15) is 24.9 Å². The number of phenolic OH excluding ortho intramolecular Hbond substituents is 1. The maximum Gasteiger partial charge on any atom is 0.234 e. The number of benzene rings is 2.